The summed E-state index contributed by atoms with van der Waals surface area (Å²) in [6.07, 6.45) is 0.523. The van der Waals surface area contributed by atoms with Crippen LogP contribution in [-0.4, -0.2) is 25.5 Å². The lowest BCUT2D eigenvalue weighted by atomic mass is 10.0. The molecule has 0 heterocycles. The second-order valence-electron chi connectivity index (χ2n) is 5.52. The van der Waals surface area contributed by atoms with Crippen molar-refractivity contribution in [1.82, 2.24) is 5.32 Å². The second-order valence-corrected chi connectivity index (χ2v) is 7.08. The Morgan fingerprint density at radius 1 is 1.24 bits per heavy atom. The average Bonchev–Trinajstić information content (AvgIpc) is 2.36. The number of hydrogen-bond donors (Lipinski definition) is 3. The molecule has 1 aromatic rings. The van der Waals surface area contributed by atoms with Crippen LogP contribution in [0.15, 0.2) is 29.2 Å². The van der Waals surface area contributed by atoms with E-state index in [9.17, 15) is 18.3 Å². The minimum Gasteiger partial charge on any atom is -0.480 e. The Kier molecular flexibility index (Phi) is 5.88. The Balaban J connectivity index is 2.83. The highest BCUT2D eigenvalue weighted by Crippen LogP contribution is 2.17. The molecule has 1 rings (SSSR count). The molecule has 6 nitrogen and oxygen atoms in total. The summed E-state index contributed by atoms with van der Waals surface area (Å²) in [6, 6.07) is 5.25. The molecule has 0 saturated carbocycles. The maximum absolute atomic E-state index is 11.2. The molecule has 0 radical (unpaired) electrons. The number of hydrogen-bond acceptors (Lipinski definition) is 4. The fourth-order valence-corrected chi connectivity index (χ4v) is 2.57. The quantitative estimate of drug-likeness (QED) is 0.706. The number of aliphatic carboxylic acids is 1. The summed E-state index contributed by atoms with van der Waals surface area (Å²) in [6.45, 7) is 5.76. The van der Waals surface area contributed by atoms with E-state index >= 15 is 0 Å². The molecule has 0 aliphatic rings. The summed E-state index contributed by atoms with van der Waals surface area (Å²) in [5.41, 5.74) is 0.803. The van der Waals surface area contributed by atoms with Gasteiger partial charge in [-0.1, -0.05) is 26.0 Å². The molecule has 0 bridgehead atoms. The number of carboxylic acid groups (broad SMARTS) is 1. The van der Waals surface area contributed by atoms with E-state index < -0.39 is 22.0 Å². The predicted octanol–water partition coefficient (Wildman–Crippen LogP) is 1.48. The molecule has 0 amide bonds. The molecule has 0 aromatic heterocycles. The first-order valence-corrected chi connectivity index (χ1v) is 8.27. The summed E-state index contributed by atoms with van der Waals surface area (Å²) in [7, 11) is -3.71. The van der Waals surface area contributed by atoms with Crippen molar-refractivity contribution >= 4 is 16.0 Å². The van der Waals surface area contributed by atoms with Crippen molar-refractivity contribution in [2.45, 2.75) is 44.2 Å². The van der Waals surface area contributed by atoms with Crippen LogP contribution in [0.5, 0.6) is 0 Å². The molecule has 0 aliphatic carbocycles. The minimum absolute atomic E-state index is 0.0374. The van der Waals surface area contributed by atoms with Gasteiger partial charge in [-0.15, -0.1) is 0 Å². The number of nitrogens with one attached hydrogen (secondary N) is 1. The fraction of sp³-hybridized carbons (Fsp3) is 0.500. The summed E-state index contributed by atoms with van der Waals surface area (Å²) < 4.78 is 22.4. The van der Waals surface area contributed by atoms with Crippen LogP contribution in [0.1, 0.15) is 38.8 Å². The van der Waals surface area contributed by atoms with Gasteiger partial charge in [-0.25, -0.2) is 13.6 Å². The van der Waals surface area contributed by atoms with Gasteiger partial charge in [0, 0.05) is 6.04 Å². The Morgan fingerprint density at radius 3 is 2.14 bits per heavy atom. The van der Waals surface area contributed by atoms with Crippen LogP contribution in [0.3, 0.4) is 0 Å². The van der Waals surface area contributed by atoms with Crippen LogP contribution >= 0.6 is 0 Å². The van der Waals surface area contributed by atoms with Gasteiger partial charge in [0.2, 0.25) is 10.0 Å². The highest BCUT2D eigenvalue weighted by atomic mass is 32.2. The number of carboxylic acids is 1. The van der Waals surface area contributed by atoms with E-state index in [1.54, 1.807) is 12.1 Å². The van der Waals surface area contributed by atoms with E-state index in [1.807, 2.05) is 20.8 Å². The van der Waals surface area contributed by atoms with Crippen molar-refractivity contribution in [3.8, 4) is 0 Å². The zero-order valence-corrected chi connectivity index (χ0v) is 13.2. The minimum atomic E-state index is -3.71. The van der Waals surface area contributed by atoms with Gasteiger partial charge < -0.3 is 5.11 Å². The molecular weight excluding hydrogens is 292 g/mol. The third-order valence-electron chi connectivity index (χ3n) is 3.17. The van der Waals surface area contributed by atoms with Gasteiger partial charge in [-0.3, -0.25) is 10.1 Å². The van der Waals surface area contributed by atoms with E-state index in [2.05, 4.69) is 5.32 Å². The normalized spacial score (nSPS) is 14.9. The highest BCUT2D eigenvalue weighted by Gasteiger charge is 2.21. The summed E-state index contributed by atoms with van der Waals surface area (Å²) >= 11 is 0. The van der Waals surface area contributed by atoms with E-state index in [-0.39, 0.29) is 16.9 Å². The largest absolute Gasteiger partial charge is 0.480 e. The molecular formula is C14H22N2O4S. The van der Waals surface area contributed by atoms with Crippen molar-refractivity contribution in [1.29, 1.82) is 0 Å². The van der Waals surface area contributed by atoms with E-state index in [0.29, 0.717) is 6.42 Å². The fourth-order valence-electron chi connectivity index (χ4n) is 2.06. The van der Waals surface area contributed by atoms with Crippen LogP contribution in [-0.2, 0) is 14.8 Å². The average molecular weight is 314 g/mol. The second kappa shape index (κ2) is 7.02. The zero-order chi connectivity index (χ0) is 16.2. The van der Waals surface area contributed by atoms with Gasteiger partial charge in [0.25, 0.3) is 0 Å². The van der Waals surface area contributed by atoms with Gasteiger partial charge in [0.15, 0.2) is 0 Å². The third-order valence-corrected chi connectivity index (χ3v) is 4.09. The summed E-state index contributed by atoms with van der Waals surface area (Å²) in [5, 5.41) is 17.3. The van der Waals surface area contributed by atoms with E-state index in [4.69, 9.17) is 5.14 Å². The van der Waals surface area contributed by atoms with Gasteiger partial charge in [0.1, 0.15) is 6.04 Å². The van der Waals surface area contributed by atoms with Gasteiger partial charge in [-0.05, 0) is 37.0 Å². The maximum Gasteiger partial charge on any atom is 0.320 e. The van der Waals surface area contributed by atoms with Gasteiger partial charge in [0.05, 0.1) is 4.90 Å². The monoisotopic (exact) mass is 314 g/mol. The lowest BCUT2D eigenvalue weighted by molar-refractivity contribution is -0.140. The van der Waals surface area contributed by atoms with Crippen LogP contribution < -0.4 is 10.5 Å². The van der Waals surface area contributed by atoms with Crippen molar-refractivity contribution in [3.63, 3.8) is 0 Å². The number of benzene rings is 1. The first-order valence-electron chi connectivity index (χ1n) is 6.73. The van der Waals surface area contributed by atoms with Crippen molar-refractivity contribution in [2.75, 3.05) is 0 Å². The molecule has 0 saturated heterocycles. The third kappa shape index (κ3) is 5.45. The summed E-state index contributed by atoms with van der Waals surface area (Å²) in [5.74, 6) is -0.632. The molecule has 7 heteroatoms. The SMILES string of the molecule is CC(C)CC(NC(C)c1ccc(S(N)(=O)=O)cc1)C(=O)O. The maximum atomic E-state index is 11.2. The summed E-state index contributed by atoms with van der Waals surface area (Å²) in [4.78, 5) is 11.3. The van der Waals surface area contributed by atoms with Crippen LogP contribution in [0.4, 0.5) is 0 Å². The molecule has 2 unspecified atom stereocenters. The predicted molar refractivity (Wildman–Crippen MR) is 80.2 cm³/mol. The molecule has 0 spiro atoms. The first-order chi connectivity index (χ1) is 9.61. The van der Waals surface area contributed by atoms with Gasteiger partial charge in [-0.2, -0.15) is 0 Å². The number of nitrogens with two attached hydrogens (primary N) is 1. The van der Waals surface area contributed by atoms with Crippen molar-refractivity contribution < 1.29 is 18.3 Å². The first kappa shape index (κ1) is 17.6. The molecule has 2 atom stereocenters. The lowest BCUT2D eigenvalue weighted by Gasteiger charge is -2.22. The Labute approximate surface area is 125 Å². The Hall–Kier alpha value is -1.44. The highest BCUT2D eigenvalue weighted by molar-refractivity contribution is 7.89. The van der Waals surface area contributed by atoms with Gasteiger partial charge >= 0.3 is 5.97 Å². The van der Waals surface area contributed by atoms with Crippen molar-refractivity contribution in [3.05, 3.63) is 29.8 Å². The number of primary sulfonamides is 1. The smallest absolute Gasteiger partial charge is 0.320 e. The van der Waals surface area contributed by atoms with E-state index in [1.165, 1.54) is 12.1 Å². The topological polar surface area (TPSA) is 109 Å². The molecule has 4 N–H and O–H groups in total. The Bertz CT molecular complexity index is 581. The lowest BCUT2D eigenvalue weighted by Crippen LogP contribution is -2.39. The molecule has 0 fully saturated rings. The standard InChI is InChI=1S/C14H22N2O4S/c1-9(2)8-13(14(17)18)16-10(3)11-4-6-12(7-5-11)21(15,19)20/h4-7,9-10,13,16H,8H2,1-3H3,(H,17,18)(H2,15,19,20). The van der Waals surface area contributed by atoms with Crippen LogP contribution in [0.2, 0.25) is 0 Å². The molecule has 21 heavy (non-hydrogen) atoms. The van der Waals surface area contributed by atoms with Crippen LogP contribution in [0.25, 0.3) is 0 Å². The molecule has 0 aliphatic heterocycles. The Morgan fingerprint density at radius 2 is 1.76 bits per heavy atom. The van der Waals surface area contributed by atoms with E-state index in [0.717, 1.165) is 5.56 Å². The zero-order valence-electron chi connectivity index (χ0n) is 12.4. The molecule has 118 valence electrons. The van der Waals surface area contributed by atoms with Crippen LogP contribution in [0, 0.1) is 5.92 Å². The number of sulfonamides is 1. The van der Waals surface area contributed by atoms with Crippen molar-refractivity contribution in [2.24, 2.45) is 11.1 Å². The number of rotatable bonds is 7. The molecule has 1 aromatic carbocycles. The number of carbonyl (C=O) groups is 1.